The molecule has 18 heavy (non-hydrogen) atoms. The number of anilines is 1. The molecule has 0 unspecified atom stereocenters. The molecule has 0 aliphatic rings. The molecule has 0 aliphatic heterocycles. The predicted molar refractivity (Wildman–Crippen MR) is 73.8 cm³/mol. The van der Waals surface area contributed by atoms with Crippen molar-refractivity contribution in [3.8, 4) is 0 Å². The Hall–Kier alpha value is -1.18. The normalized spacial score (nSPS) is 10.8. The van der Waals surface area contributed by atoms with Crippen LogP contribution in [0.1, 0.15) is 22.2 Å². The molecular formula is C11H14N2O3S2. The SMILES string of the molecule is CCOC(=O)c1sc2nc(NCCO)sc2c1C. The maximum atomic E-state index is 11.7. The molecule has 2 heterocycles. The summed E-state index contributed by atoms with van der Waals surface area (Å²) < 4.78 is 6.01. The number of thiophene rings is 1. The number of aromatic nitrogens is 1. The van der Waals surface area contributed by atoms with E-state index >= 15 is 0 Å². The minimum Gasteiger partial charge on any atom is -0.462 e. The summed E-state index contributed by atoms with van der Waals surface area (Å²) in [6.07, 6.45) is 0. The zero-order chi connectivity index (χ0) is 13.1. The fourth-order valence-electron chi connectivity index (χ4n) is 1.52. The second-order valence-electron chi connectivity index (χ2n) is 3.58. The number of fused-ring (bicyclic) bond motifs is 1. The lowest BCUT2D eigenvalue weighted by Gasteiger charge is -1.99. The first-order chi connectivity index (χ1) is 8.67. The van der Waals surface area contributed by atoms with E-state index in [9.17, 15) is 4.79 Å². The quantitative estimate of drug-likeness (QED) is 0.825. The number of nitrogens with one attached hydrogen (secondary N) is 1. The first-order valence-corrected chi connectivity index (χ1v) is 7.22. The molecule has 2 N–H and O–H groups in total. The number of carbonyl (C=O) groups excluding carboxylic acids is 1. The summed E-state index contributed by atoms with van der Waals surface area (Å²) in [6.45, 7) is 4.61. The highest BCUT2D eigenvalue weighted by atomic mass is 32.1. The molecule has 0 radical (unpaired) electrons. The first-order valence-electron chi connectivity index (χ1n) is 5.59. The van der Waals surface area contributed by atoms with E-state index in [1.807, 2.05) is 6.92 Å². The molecule has 0 fully saturated rings. The van der Waals surface area contributed by atoms with E-state index in [1.165, 1.54) is 22.7 Å². The van der Waals surface area contributed by atoms with Crippen LogP contribution in [0.5, 0.6) is 0 Å². The Kier molecular flexibility index (Phi) is 4.15. The lowest BCUT2D eigenvalue weighted by Crippen LogP contribution is -2.04. The van der Waals surface area contributed by atoms with Crippen molar-refractivity contribution in [2.45, 2.75) is 13.8 Å². The van der Waals surface area contributed by atoms with Crippen LogP contribution >= 0.6 is 22.7 Å². The molecule has 2 rings (SSSR count). The lowest BCUT2D eigenvalue weighted by atomic mass is 10.3. The van der Waals surface area contributed by atoms with Gasteiger partial charge in [-0.15, -0.1) is 11.3 Å². The molecule has 98 valence electrons. The highest BCUT2D eigenvalue weighted by Gasteiger charge is 2.19. The molecule has 0 atom stereocenters. The van der Waals surface area contributed by atoms with Gasteiger partial charge in [0.05, 0.1) is 17.9 Å². The molecular weight excluding hydrogens is 272 g/mol. The number of aryl methyl sites for hydroxylation is 1. The van der Waals surface area contributed by atoms with Gasteiger partial charge in [0.1, 0.15) is 9.71 Å². The van der Waals surface area contributed by atoms with E-state index in [2.05, 4.69) is 10.3 Å². The molecule has 0 spiro atoms. The van der Waals surface area contributed by atoms with Gasteiger partial charge >= 0.3 is 5.97 Å². The van der Waals surface area contributed by atoms with E-state index in [-0.39, 0.29) is 12.6 Å². The summed E-state index contributed by atoms with van der Waals surface area (Å²) in [5.74, 6) is -0.282. The maximum Gasteiger partial charge on any atom is 0.348 e. The third-order valence-corrected chi connectivity index (χ3v) is 4.75. The molecule has 5 nitrogen and oxygen atoms in total. The minimum absolute atomic E-state index is 0.0697. The number of hydrogen-bond donors (Lipinski definition) is 2. The minimum atomic E-state index is -0.282. The Balaban J connectivity index is 2.29. The van der Waals surface area contributed by atoms with Gasteiger partial charge in [-0.2, -0.15) is 0 Å². The molecule has 2 aromatic rings. The Labute approximate surface area is 112 Å². The Morgan fingerprint density at radius 2 is 2.28 bits per heavy atom. The van der Waals surface area contributed by atoms with Crippen LogP contribution in [0.4, 0.5) is 5.13 Å². The second kappa shape index (κ2) is 5.64. The largest absolute Gasteiger partial charge is 0.462 e. The second-order valence-corrected chi connectivity index (χ2v) is 5.58. The number of hydrogen-bond acceptors (Lipinski definition) is 7. The summed E-state index contributed by atoms with van der Waals surface area (Å²) >= 11 is 2.84. The van der Waals surface area contributed by atoms with Gasteiger partial charge in [-0.05, 0) is 19.4 Å². The number of rotatable bonds is 5. The average molecular weight is 286 g/mol. The predicted octanol–water partition coefficient (Wildman–Crippen LogP) is 2.25. The van der Waals surface area contributed by atoms with Crippen LogP contribution in [-0.2, 0) is 4.74 Å². The van der Waals surface area contributed by atoms with Gasteiger partial charge in [0.15, 0.2) is 5.13 Å². The van der Waals surface area contributed by atoms with Gasteiger partial charge < -0.3 is 15.2 Å². The Bertz CT molecular complexity index is 562. The molecule has 0 saturated heterocycles. The summed E-state index contributed by atoms with van der Waals surface area (Å²) in [7, 11) is 0. The molecule has 0 bridgehead atoms. The van der Waals surface area contributed by atoms with Crippen molar-refractivity contribution >= 4 is 43.3 Å². The molecule has 2 aromatic heterocycles. The van der Waals surface area contributed by atoms with Crippen LogP contribution in [0.2, 0.25) is 0 Å². The number of esters is 1. The van der Waals surface area contributed by atoms with Crippen molar-refractivity contribution < 1.29 is 14.6 Å². The van der Waals surface area contributed by atoms with Gasteiger partial charge in [-0.25, -0.2) is 9.78 Å². The number of carbonyl (C=O) groups is 1. The van der Waals surface area contributed by atoms with Gasteiger partial charge in [0, 0.05) is 6.54 Å². The fraction of sp³-hybridized carbons (Fsp3) is 0.455. The van der Waals surface area contributed by atoms with E-state index < -0.39 is 0 Å². The molecule has 0 saturated carbocycles. The average Bonchev–Trinajstić information content (AvgIpc) is 2.87. The van der Waals surface area contributed by atoms with Crippen molar-refractivity contribution in [1.29, 1.82) is 0 Å². The van der Waals surface area contributed by atoms with Crippen molar-refractivity contribution in [3.05, 3.63) is 10.4 Å². The van der Waals surface area contributed by atoms with Crippen LogP contribution in [0.3, 0.4) is 0 Å². The van der Waals surface area contributed by atoms with Crippen molar-refractivity contribution in [2.75, 3.05) is 25.1 Å². The smallest absolute Gasteiger partial charge is 0.348 e. The van der Waals surface area contributed by atoms with Gasteiger partial charge in [-0.3, -0.25) is 0 Å². The summed E-state index contributed by atoms with van der Waals surface area (Å²) in [5, 5.41) is 12.5. The number of aliphatic hydroxyl groups excluding tert-OH is 1. The zero-order valence-electron chi connectivity index (χ0n) is 10.1. The van der Waals surface area contributed by atoms with Gasteiger partial charge in [0.25, 0.3) is 0 Å². The highest BCUT2D eigenvalue weighted by Crippen LogP contribution is 2.37. The van der Waals surface area contributed by atoms with Crippen LogP contribution < -0.4 is 5.32 Å². The number of aliphatic hydroxyl groups is 1. The van der Waals surface area contributed by atoms with Crippen LogP contribution in [0, 0.1) is 6.92 Å². The summed E-state index contributed by atoms with van der Waals surface area (Å²) in [6, 6.07) is 0. The van der Waals surface area contributed by atoms with Crippen LogP contribution in [0.15, 0.2) is 0 Å². The summed E-state index contributed by atoms with van der Waals surface area (Å²) in [4.78, 5) is 17.5. The Morgan fingerprint density at radius 3 is 2.89 bits per heavy atom. The Morgan fingerprint density at radius 1 is 1.50 bits per heavy atom. The van der Waals surface area contributed by atoms with Crippen LogP contribution in [-0.4, -0.2) is 35.8 Å². The number of nitrogens with zero attached hydrogens (tertiary/aromatic N) is 1. The van der Waals surface area contributed by atoms with Crippen LogP contribution in [0.25, 0.3) is 9.53 Å². The molecule has 7 heteroatoms. The standard InChI is InChI=1S/C11H14N2O3S2/c1-3-16-10(15)8-6(2)7-9(17-8)13-11(18-7)12-4-5-14/h14H,3-5H2,1-2H3,(H,12,13). The molecule has 0 aliphatic carbocycles. The zero-order valence-corrected chi connectivity index (χ0v) is 11.8. The lowest BCUT2D eigenvalue weighted by molar-refractivity contribution is 0.0531. The number of thiazole rings is 1. The monoisotopic (exact) mass is 286 g/mol. The van der Waals surface area contributed by atoms with E-state index in [4.69, 9.17) is 9.84 Å². The maximum absolute atomic E-state index is 11.7. The van der Waals surface area contributed by atoms with Gasteiger partial charge in [-0.1, -0.05) is 11.3 Å². The summed E-state index contributed by atoms with van der Waals surface area (Å²) in [5.41, 5.74) is 0.919. The first kappa shape index (κ1) is 13.3. The topological polar surface area (TPSA) is 71.5 Å². The fourth-order valence-corrected chi connectivity index (χ4v) is 3.76. The van der Waals surface area contributed by atoms with Crippen molar-refractivity contribution in [2.24, 2.45) is 0 Å². The van der Waals surface area contributed by atoms with E-state index in [0.717, 1.165) is 20.2 Å². The number of ether oxygens (including phenoxy) is 1. The van der Waals surface area contributed by atoms with Crippen molar-refractivity contribution in [3.63, 3.8) is 0 Å². The van der Waals surface area contributed by atoms with E-state index in [0.29, 0.717) is 18.0 Å². The third-order valence-electron chi connectivity index (χ3n) is 2.32. The molecule has 0 amide bonds. The van der Waals surface area contributed by atoms with Gasteiger partial charge in [0.2, 0.25) is 0 Å². The highest BCUT2D eigenvalue weighted by molar-refractivity contribution is 7.30. The van der Waals surface area contributed by atoms with E-state index in [1.54, 1.807) is 6.92 Å². The third kappa shape index (κ3) is 2.47. The molecule has 0 aromatic carbocycles. The van der Waals surface area contributed by atoms with Crippen molar-refractivity contribution in [1.82, 2.24) is 4.98 Å².